The van der Waals surface area contributed by atoms with Crippen LogP contribution in [0, 0.1) is 0 Å². The number of rotatable bonds is 22. The summed E-state index contributed by atoms with van der Waals surface area (Å²) in [5.41, 5.74) is -3.67. The van der Waals surface area contributed by atoms with Crippen LogP contribution in [-0.4, -0.2) is 94.5 Å². The highest BCUT2D eigenvalue weighted by Gasteiger charge is 2.33. The number of hydrogen-bond donors (Lipinski definition) is 4. The van der Waals surface area contributed by atoms with E-state index in [0.717, 1.165) is 66.0 Å². The van der Waals surface area contributed by atoms with Crippen molar-refractivity contribution in [2.45, 2.75) is 184 Å². The quantitative estimate of drug-likeness (QED) is 0.0362. The highest BCUT2D eigenvalue weighted by Crippen LogP contribution is 2.54. The van der Waals surface area contributed by atoms with Crippen LogP contribution in [0.4, 0.5) is 11.9 Å². The van der Waals surface area contributed by atoms with Crippen LogP contribution in [-0.2, 0) is 21.7 Å². The zero-order chi connectivity index (χ0) is 96.5. The first kappa shape index (κ1) is 88.8. The number of hydrogen-bond acceptors (Lipinski definition) is 20. The Hall–Kier alpha value is -15.7. The number of ether oxygens (including phenoxy) is 4. The Morgan fingerprint density at radius 3 is 0.616 bits per heavy atom. The third-order valence-corrected chi connectivity index (χ3v) is 27.1. The molecule has 696 valence electrons. The van der Waals surface area contributed by atoms with Gasteiger partial charge < -0.3 is 28.7 Å². The molecule has 0 aliphatic carbocycles. The lowest BCUT2D eigenvalue weighted by Gasteiger charge is -2.23. The van der Waals surface area contributed by atoms with Gasteiger partial charge in [0.25, 0.3) is 44.5 Å². The Labute approximate surface area is 787 Å². The molecule has 0 radical (unpaired) electrons. The number of aromatic amines is 4. The van der Waals surface area contributed by atoms with E-state index in [0.29, 0.717) is 139 Å². The van der Waals surface area contributed by atoms with E-state index in [4.69, 9.17) is 48.9 Å². The molecule has 17 heterocycles. The zero-order valence-corrected chi connectivity index (χ0v) is 79.9. The lowest BCUT2D eigenvalue weighted by molar-refractivity contribution is 0.487. The van der Waals surface area contributed by atoms with Gasteiger partial charge in [-0.05, 0) is 188 Å². The molecule has 14 aromatic carbocycles. The molecule has 0 saturated heterocycles. The molecular weight excluding hydrogens is 1740 g/mol. The number of benzene rings is 14. The molecule has 0 fully saturated rings. The maximum Gasteiger partial charge on any atom is 0.280 e. The fraction of sp³-hybridized carbons (Fsp3) is 0.291. The number of nitrogens with zero attached hydrogens (tertiary/aromatic N) is 12. The first-order valence-corrected chi connectivity index (χ1v) is 47.4. The highest BCUT2D eigenvalue weighted by molar-refractivity contribution is 6.43. The average Bonchev–Trinajstić information content (AvgIpc) is 0.681. The van der Waals surface area contributed by atoms with Gasteiger partial charge in [0.05, 0.1) is 43.1 Å². The Bertz CT molecular complexity index is 8220. The summed E-state index contributed by atoms with van der Waals surface area (Å²) in [7, 11) is 0. The van der Waals surface area contributed by atoms with E-state index in [2.05, 4.69) is 131 Å². The fourth-order valence-electron chi connectivity index (χ4n) is 19.7. The first-order chi connectivity index (χ1) is 66.1. The van der Waals surface area contributed by atoms with E-state index >= 15 is 38.4 Å². The minimum atomic E-state index is -0.851. The third kappa shape index (κ3) is 14.8. The molecule has 0 atom stereocenters. The van der Waals surface area contributed by atoms with Crippen molar-refractivity contribution in [1.82, 2.24) is 68.4 Å². The number of H-pyrrole nitrogens is 4. The van der Waals surface area contributed by atoms with E-state index in [1.54, 1.807) is 72.8 Å². The van der Waals surface area contributed by atoms with E-state index < -0.39 is 44.5 Å². The van der Waals surface area contributed by atoms with Crippen LogP contribution in [0.15, 0.2) is 208 Å². The number of nitrogens with one attached hydrogen (secondary N) is 4. The van der Waals surface area contributed by atoms with Gasteiger partial charge in [-0.15, -0.1) is 0 Å². The van der Waals surface area contributed by atoms with E-state index in [1.807, 2.05) is 107 Å². The van der Waals surface area contributed by atoms with Crippen molar-refractivity contribution < 1.29 is 18.9 Å². The molecule has 0 aliphatic heterocycles. The van der Waals surface area contributed by atoms with Crippen LogP contribution in [0.5, 0.6) is 46.0 Å². The molecule has 0 spiro atoms. The lowest BCUT2D eigenvalue weighted by Crippen LogP contribution is -2.31. The number of anilines is 2. The van der Waals surface area contributed by atoms with Gasteiger partial charge in [-0.2, -0.15) is 48.0 Å². The molecule has 0 amide bonds. The molecule has 0 aliphatic rings. The van der Waals surface area contributed by atoms with Crippen molar-refractivity contribution in [2.24, 2.45) is 0 Å². The van der Waals surface area contributed by atoms with Crippen molar-refractivity contribution in [3.05, 3.63) is 275 Å². The molecule has 0 saturated carbocycles. The van der Waals surface area contributed by atoms with Gasteiger partial charge in [0.2, 0.25) is 35.0 Å². The summed E-state index contributed by atoms with van der Waals surface area (Å²) in [6.45, 7) is 35.3. The Morgan fingerprint density at radius 1 is 0.239 bits per heavy atom. The molecule has 28 nitrogen and oxygen atoms in total. The van der Waals surface area contributed by atoms with Crippen LogP contribution >= 0.6 is 0 Å². The summed E-state index contributed by atoms with van der Waals surface area (Å²) in [6.07, 6.45) is 5.89. The molecule has 4 N–H and O–H groups in total. The van der Waals surface area contributed by atoms with E-state index in [1.165, 1.54) is 0 Å². The lowest BCUT2D eigenvalue weighted by atomic mass is 9.85. The average molecular weight is 1840 g/mol. The summed E-state index contributed by atoms with van der Waals surface area (Å²) in [5.74, 6) is 0.997. The van der Waals surface area contributed by atoms with E-state index in [-0.39, 0.29) is 144 Å². The van der Waals surface area contributed by atoms with Crippen LogP contribution in [0.2, 0.25) is 0 Å². The monoisotopic (exact) mass is 1840 g/mol. The predicted octanol–water partition coefficient (Wildman–Crippen LogP) is 21.7. The van der Waals surface area contributed by atoms with Crippen LogP contribution < -0.4 is 73.2 Å². The van der Waals surface area contributed by atoms with Crippen LogP contribution in [0.25, 0.3) is 152 Å². The van der Waals surface area contributed by atoms with Gasteiger partial charge in [-0.25, -0.2) is 0 Å². The maximum absolute atomic E-state index is 16.5. The van der Waals surface area contributed by atoms with Crippen molar-refractivity contribution >= 4 is 164 Å². The first-order valence-electron chi connectivity index (χ1n) is 47.4. The van der Waals surface area contributed by atoms with Gasteiger partial charge in [0.15, 0.2) is 0 Å². The second-order valence-electron chi connectivity index (χ2n) is 40.5. The van der Waals surface area contributed by atoms with Gasteiger partial charge in [0.1, 0.15) is 46.0 Å². The highest BCUT2D eigenvalue weighted by atomic mass is 16.5. The molecule has 28 heteroatoms. The summed E-state index contributed by atoms with van der Waals surface area (Å²) in [5, 5.41) is 18.5. The second-order valence-corrected chi connectivity index (χ2v) is 40.5. The Morgan fingerprint density at radius 2 is 0.428 bits per heavy atom. The van der Waals surface area contributed by atoms with E-state index in [9.17, 15) is 0 Å². The maximum atomic E-state index is 16.5. The van der Waals surface area contributed by atoms with Crippen LogP contribution in [0.1, 0.15) is 184 Å². The van der Waals surface area contributed by atoms with Gasteiger partial charge in [-0.3, -0.25) is 58.8 Å². The van der Waals surface area contributed by atoms with Gasteiger partial charge in [0, 0.05) is 90.8 Å². The Kier molecular flexibility index (Phi) is 21.3. The minimum absolute atomic E-state index is 0.0115. The smallest absolute Gasteiger partial charge is 0.280 e. The van der Waals surface area contributed by atoms with Crippen molar-refractivity contribution in [2.75, 3.05) is 36.0 Å². The summed E-state index contributed by atoms with van der Waals surface area (Å²) < 4.78 is 32.1. The van der Waals surface area contributed by atoms with Crippen LogP contribution in [0.3, 0.4) is 0 Å². The second kappa shape index (κ2) is 33.1. The molecule has 31 rings (SSSR count). The fourth-order valence-corrected chi connectivity index (χ4v) is 19.7. The zero-order valence-electron chi connectivity index (χ0n) is 79.9. The molecule has 31 aromatic rings. The molecule has 17 aromatic heterocycles. The van der Waals surface area contributed by atoms with Gasteiger partial charge >= 0.3 is 0 Å². The summed E-state index contributed by atoms with van der Waals surface area (Å²) >= 11 is 0. The van der Waals surface area contributed by atoms with Crippen molar-refractivity contribution in [1.29, 1.82) is 0 Å². The SMILES string of the molecule is CCCCN(CCCC)c1nc2nc(n1)[nH]n1c(=O)c3ccc4c5c(Oc6ccc(C(C)(C)C)cc6)cc6c(=O)n([nH]c7nc(N(CCCC)CCCC)nc(n7)[nH]n7c(=O)c8ccc9c%10c(Oc%11ccc(C(C)(C)C)cc%11)cc%11c(=O)n([nH]2)c(=O)c2ccc(c%12c(Oc%13ccc(C(C)(C)C)cc%13)cc(c7=O)c8c9%12)c%10c2%11)c(=O)c2ccc(c7c(Oc8ccc(C(C)(C)C)cc8)cc(c1=O)c3c47)c5c26. The number of unbranched alkanes of at least 4 members (excludes halogenated alkanes) is 4. The Balaban J connectivity index is 0.957. The van der Waals surface area contributed by atoms with Crippen molar-refractivity contribution in [3.63, 3.8) is 0 Å². The summed E-state index contributed by atoms with van der Waals surface area (Å²) in [6, 6.07) is 50.4. The minimum Gasteiger partial charge on any atom is -0.457 e. The van der Waals surface area contributed by atoms with Crippen molar-refractivity contribution in [3.8, 4) is 46.0 Å². The standard InChI is InChI=1S/C110H104N16O12/c1-17-21-49-121(50-22-18-2)105-113-101-111-102(114-105)118-124-94(128)70-46-42-66-88-80(138-64-39-31-60(32-40-64)110(14,15)16)56-76-84-72(48-44-68(92(84)88)86-78(54-74(98(124)132)82(70)90(66)86)136-62-35-27-58(28-36-62)108(8,9)10)96(130)126(100(76)134)120-104-112-103(115-106(116-104)122(51-23-19-3)52-24-20-4)119-125-95(129)71-47-43-67-85-77(135-61-33-25-57(26-34-61)107(5,6)7)53-73-81-69(93(127)123(117-101)97(73)131)45-41-65(89(81)85)87-79(55-75(99(125)133)83(71)91(67)87)137-63-37-29-59(30-38-63)109(11,12)13/h25-48,53-56H,17-24,49-52H2,1-16H3,(H2,111,113,114,117,118)(H2,112,115,116,119,120). The van der Waals surface area contributed by atoms with Gasteiger partial charge in [-0.1, -0.05) is 209 Å². The molecule has 32 bridgehead atoms. The topological polar surface area (TPSA) is 338 Å². The normalized spacial score (nSPS) is 12.6. The summed E-state index contributed by atoms with van der Waals surface area (Å²) in [4.78, 5) is 165. The third-order valence-electron chi connectivity index (χ3n) is 27.1. The molecule has 0 unspecified atom stereocenters. The molecule has 138 heavy (non-hydrogen) atoms. The molecular formula is C110H104N16O12. The largest absolute Gasteiger partial charge is 0.457 e. The number of aromatic nitrogens is 14. The predicted molar refractivity (Wildman–Crippen MR) is 551 cm³/mol. The number of pyridine rings is 4.